The number of aromatic amines is 1. The zero-order valence-corrected chi connectivity index (χ0v) is 12.5. The van der Waals surface area contributed by atoms with Gasteiger partial charge in [0, 0.05) is 13.1 Å². The number of carboxylic acids is 1. The molecule has 1 aliphatic heterocycles. The van der Waals surface area contributed by atoms with Crippen molar-refractivity contribution in [3.8, 4) is 0 Å². The predicted molar refractivity (Wildman–Crippen MR) is 75.4 cm³/mol. The molecule has 9 heteroatoms. The van der Waals surface area contributed by atoms with Crippen LogP contribution in [0.5, 0.6) is 0 Å². The van der Waals surface area contributed by atoms with Crippen LogP contribution in [0.25, 0.3) is 0 Å². The van der Waals surface area contributed by atoms with Gasteiger partial charge in [-0.3, -0.25) is 14.4 Å². The van der Waals surface area contributed by atoms with Crippen molar-refractivity contribution in [3.63, 3.8) is 0 Å². The Bertz CT molecular complexity index is 758. The molecule has 0 radical (unpaired) electrons. The van der Waals surface area contributed by atoms with Gasteiger partial charge >= 0.3 is 12.1 Å². The number of H-pyrrole nitrogens is 1. The van der Waals surface area contributed by atoms with E-state index in [9.17, 15) is 32.7 Å². The van der Waals surface area contributed by atoms with Crippen molar-refractivity contribution in [1.82, 2.24) is 9.88 Å². The Labute approximate surface area is 134 Å². The largest absolute Gasteiger partial charge is 0.481 e. The molecule has 2 fully saturated rings. The van der Waals surface area contributed by atoms with E-state index in [2.05, 4.69) is 0 Å². The Kier molecular flexibility index (Phi) is 3.69. The second-order valence-electron chi connectivity index (χ2n) is 6.35. The lowest BCUT2D eigenvalue weighted by Gasteiger charge is -2.23. The summed E-state index contributed by atoms with van der Waals surface area (Å²) in [5.74, 6) is -1.89. The minimum atomic E-state index is -4.71. The second-order valence-corrected chi connectivity index (χ2v) is 6.35. The average Bonchev–Trinajstić information content (AvgIpc) is 3.03. The van der Waals surface area contributed by atoms with Crippen LogP contribution in [0.2, 0.25) is 0 Å². The molecule has 6 nitrogen and oxygen atoms in total. The summed E-state index contributed by atoms with van der Waals surface area (Å²) in [4.78, 5) is 38.8. The van der Waals surface area contributed by atoms with Crippen LogP contribution >= 0.6 is 0 Å². The maximum atomic E-state index is 12.6. The highest BCUT2D eigenvalue weighted by Crippen LogP contribution is 2.49. The Balaban J connectivity index is 1.86. The van der Waals surface area contributed by atoms with Crippen LogP contribution < -0.4 is 5.56 Å². The molecule has 0 bridgehead atoms. The number of nitrogens with one attached hydrogen (secondary N) is 1. The van der Waals surface area contributed by atoms with Gasteiger partial charge in [-0.1, -0.05) is 6.42 Å². The minimum absolute atomic E-state index is 0.0215. The van der Waals surface area contributed by atoms with E-state index in [1.165, 1.54) is 4.90 Å². The SMILES string of the molecule is O=C(c1ccc(C(F)(F)F)[nH]c1=O)N1C[C@@H]2CCC[C@@]2(C(=O)O)C1. The van der Waals surface area contributed by atoms with Crippen LogP contribution in [0.1, 0.15) is 35.3 Å². The van der Waals surface area contributed by atoms with Crippen LogP contribution in [-0.4, -0.2) is 40.0 Å². The molecule has 1 saturated carbocycles. The van der Waals surface area contributed by atoms with Crippen molar-refractivity contribution < 1.29 is 27.9 Å². The van der Waals surface area contributed by atoms with Crippen LogP contribution in [0.3, 0.4) is 0 Å². The fourth-order valence-electron chi connectivity index (χ4n) is 3.77. The summed E-state index contributed by atoms with van der Waals surface area (Å²) in [5.41, 5.74) is -3.78. The third-order valence-electron chi connectivity index (χ3n) is 5.03. The van der Waals surface area contributed by atoms with Crippen LogP contribution in [0.15, 0.2) is 16.9 Å². The number of likely N-dealkylation sites (tertiary alicyclic amines) is 1. The molecule has 1 amide bonds. The number of pyridine rings is 1. The van der Waals surface area contributed by atoms with E-state index in [-0.39, 0.29) is 19.0 Å². The van der Waals surface area contributed by atoms with Crippen LogP contribution in [0, 0.1) is 11.3 Å². The number of nitrogens with zero attached hydrogens (tertiary/aromatic N) is 1. The van der Waals surface area contributed by atoms with Gasteiger partial charge in [0.05, 0.1) is 5.41 Å². The molecular weight excluding hydrogens is 329 g/mol. The number of carboxylic acid groups (broad SMARTS) is 1. The molecule has 2 heterocycles. The molecule has 0 spiro atoms. The van der Waals surface area contributed by atoms with Gasteiger partial charge in [-0.15, -0.1) is 0 Å². The number of aromatic nitrogens is 1. The van der Waals surface area contributed by atoms with Gasteiger partial charge in [-0.25, -0.2) is 0 Å². The lowest BCUT2D eigenvalue weighted by Crippen LogP contribution is -2.38. The van der Waals surface area contributed by atoms with Crippen molar-refractivity contribution in [2.75, 3.05) is 13.1 Å². The highest BCUT2D eigenvalue weighted by Gasteiger charge is 2.56. The maximum Gasteiger partial charge on any atom is 0.431 e. The topological polar surface area (TPSA) is 90.5 Å². The molecule has 1 aromatic rings. The summed E-state index contributed by atoms with van der Waals surface area (Å²) in [6, 6.07) is 1.48. The van der Waals surface area contributed by atoms with E-state index in [0.717, 1.165) is 12.5 Å². The van der Waals surface area contributed by atoms with Crippen molar-refractivity contribution in [3.05, 3.63) is 33.7 Å². The Morgan fingerprint density at radius 1 is 1.33 bits per heavy atom. The highest BCUT2D eigenvalue weighted by molar-refractivity contribution is 5.94. The number of carbonyl (C=O) groups is 2. The molecule has 2 N–H and O–H groups in total. The monoisotopic (exact) mass is 344 g/mol. The van der Waals surface area contributed by atoms with Crippen molar-refractivity contribution in [2.45, 2.75) is 25.4 Å². The van der Waals surface area contributed by atoms with Crippen LogP contribution in [-0.2, 0) is 11.0 Å². The van der Waals surface area contributed by atoms with Crippen molar-refractivity contribution in [2.24, 2.45) is 11.3 Å². The van der Waals surface area contributed by atoms with Gasteiger partial charge in [-0.05, 0) is 30.9 Å². The van der Waals surface area contributed by atoms with E-state index < -0.39 is 40.3 Å². The quantitative estimate of drug-likeness (QED) is 0.855. The standard InChI is InChI=1S/C15H15F3N2O4/c16-15(17,18)10-4-3-9(11(21)19-10)12(22)20-6-8-2-1-5-14(8,7-20)13(23)24/h3-4,8H,1-2,5-7H2,(H,19,21)(H,23,24)/t8-,14+/m0/s1. The van der Waals surface area contributed by atoms with Gasteiger partial charge in [0.15, 0.2) is 0 Å². The van der Waals surface area contributed by atoms with Crippen molar-refractivity contribution in [1.29, 1.82) is 0 Å². The number of hydrogen-bond donors (Lipinski definition) is 2. The van der Waals surface area contributed by atoms with E-state index in [1.807, 2.05) is 0 Å². The molecule has 130 valence electrons. The Morgan fingerprint density at radius 2 is 2.04 bits per heavy atom. The summed E-state index contributed by atoms with van der Waals surface area (Å²) in [6.07, 6.45) is -2.81. The van der Waals surface area contributed by atoms with Gasteiger partial charge in [0.2, 0.25) is 0 Å². The fraction of sp³-hybridized carbons (Fsp3) is 0.533. The fourth-order valence-corrected chi connectivity index (χ4v) is 3.77. The summed E-state index contributed by atoms with van der Waals surface area (Å²) in [7, 11) is 0. The third-order valence-corrected chi connectivity index (χ3v) is 5.03. The number of halogens is 3. The summed E-state index contributed by atoms with van der Waals surface area (Å²) in [6.45, 7) is 0.178. The van der Waals surface area contributed by atoms with Gasteiger partial charge in [0.1, 0.15) is 11.3 Å². The van der Waals surface area contributed by atoms with Gasteiger partial charge < -0.3 is 15.0 Å². The number of fused-ring (bicyclic) bond motifs is 1. The predicted octanol–water partition coefficient (Wildman–Crippen LogP) is 1.72. The first-order valence-corrected chi connectivity index (χ1v) is 7.48. The first-order chi connectivity index (χ1) is 11.1. The molecule has 2 atom stereocenters. The minimum Gasteiger partial charge on any atom is -0.481 e. The average molecular weight is 344 g/mol. The van der Waals surface area contributed by atoms with Gasteiger partial charge in [-0.2, -0.15) is 13.2 Å². The molecule has 3 rings (SSSR count). The first-order valence-electron chi connectivity index (χ1n) is 7.48. The second kappa shape index (κ2) is 5.35. The molecule has 24 heavy (non-hydrogen) atoms. The molecule has 0 unspecified atom stereocenters. The molecule has 1 aliphatic carbocycles. The first kappa shape index (κ1) is 16.5. The molecular formula is C15H15F3N2O4. The van der Waals surface area contributed by atoms with Crippen LogP contribution in [0.4, 0.5) is 13.2 Å². The zero-order valence-electron chi connectivity index (χ0n) is 12.5. The lowest BCUT2D eigenvalue weighted by molar-refractivity contribution is -0.149. The summed E-state index contributed by atoms with van der Waals surface area (Å²) in [5, 5.41) is 9.49. The molecule has 1 saturated heterocycles. The normalized spacial score (nSPS) is 26.5. The Hall–Kier alpha value is -2.32. The highest BCUT2D eigenvalue weighted by atomic mass is 19.4. The van der Waals surface area contributed by atoms with E-state index >= 15 is 0 Å². The Morgan fingerprint density at radius 3 is 2.58 bits per heavy atom. The number of carbonyl (C=O) groups excluding carboxylic acids is 1. The number of aliphatic carboxylic acids is 1. The molecule has 2 aliphatic rings. The van der Waals surface area contributed by atoms with E-state index in [4.69, 9.17) is 0 Å². The third kappa shape index (κ3) is 2.47. The molecule has 0 aromatic carbocycles. The number of alkyl halides is 3. The smallest absolute Gasteiger partial charge is 0.431 e. The van der Waals surface area contributed by atoms with Gasteiger partial charge in [0.25, 0.3) is 11.5 Å². The van der Waals surface area contributed by atoms with E-state index in [0.29, 0.717) is 18.9 Å². The number of rotatable bonds is 2. The molecule has 1 aromatic heterocycles. The van der Waals surface area contributed by atoms with Crippen molar-refractivity contribution >= 4 is 11.9 Å². The van der Waals surface area contributed by atoms with E-state index in [1.54, 1.807) is 4.98 Å². The maximum absolute atomic E-state index is 12.6. The zero-order chi connectivity index (χ0) is 17.7. The summed E-state index contributed by atoms with van der Waals surface area (Å²) >= 11 is 0. The lowest BCUT2D eigenvalue weighted by atomic mass is 9.81. The number of amides is 1. The summed E-state index contributed by atoms with van der Waals surface area (Å²) < 4.78 is 37.7. The number of hydrogen-bond acceptors (Lipinski definition) is 3.